The number of nitrogens with two attached hydrogens (primary N) is 1. The van der Waals surface area contributed by atoms with Crippen LogP contribution in [0.4, 0.5) is 0 Å². The molecular formula is C13H28N2O2. The van der Waals surface area contributed by atoms with Gasteiger partial charge in [0.1, 0.15) is 6.61 Å². The minimum atomic E-state index is -0.132. The molecule has 0 fully saturated rings. The Morgan fingerprint density at radius 1 is 1.00 bits per heavy atom. The summed E-state index contributed by atoms with van der Waals surface area (Å²) in [5, 5.41) is 2.76. The van der Waals surface area contributed by atoms with Crippen molar-refractivity contribution in [2.45, 2.75) is 64.7 Å². The maximum Gasteiger partial charge on any atom is 0.248 e. The summed E-state index contributed by atoms with van der Waals surface area (Å²) in [7, 11) is 0. The molecule has 0 saturated heterocycles. The number of amides is 1. The van der Waals surface area contributed by atoms with Crippen LogP contribution in [-0.4, -0.2) is 19.1 Å². The predicted octanol–water partition coefficient (Wildman–Crippen LogP) is 2.52. The van der Waals surface area contributed by atoms with Crippen LogP contribution in [-0.2, 0) is 9.63 Å². The number of carbonyl (C=O) groups is 1. The zero-order valence-electron chi connectivity index (χ0n) is 11.2. The van der Waals surface area contributed by atoms with Crippen LogP contribution in [0.15, 0.2) is 0 Å². The molecule has 102 valence electrons. The molecule has 4 heteroatoms. The van der Waals surface area contributed by atoms with E-state index in [1.807, 2.05) is 0 Å². The Labute approximate surface area is 105 Å². The molecule has 0 bridgehead atoms. The summed E-state index contributed by atoms with van der Waals surface area (Å²) >= 11 is 0. The average molecular weight is 244 g/mol. The lowest BCUT2D eigenvalue weighted by molar-refractivity contribution is -0.125. The first-order chi connectivity index (χ1) is 8.31. The van der Waals surface area contributed by atoms with E-state index in [9.17, 15) is 4.79 Å². The van der Waals surface area contributed by atoms with E-state index in [1.165, 1.54) is 51.4 Å². The van der Waals surface area contributed by atoms with E-state index < -0.39 is 0 Å². The molecule has 0 heterocycles. The Kier molecular flexibility index (Phi) is 13.0. The van der Waals surface area contributed by atoms with Gasteiger partial charge in [-0.3, -0.25) is 9.63 Å². The van der Waals surface area contributed by atoms with E-state index in [0.717, 1.165) is 13.0 Å². The Bertz CT molecular complexity index is 175. The highest BCUT2D eigenvalue weighted by Crippen LogP contribution is 2.09. The smallest absolute Gasteiger partial charge is 0.248 e. The molecule has 17 heavy (non-hydrogen) atoms. The van der Waals surface area contributed by atoms with Gasteiger partial charge in [0.25, 0.3) is 0 Å². The molecule has 0 aliphatic rings. The van der Waals surface area contributed by atoms with E-state index in [0.29, 0.717) is 0 Å². The number of unbranched alkanes of at least 4 members (excludes halogenated alkanes) is 8. The van der Waals surface area contributed by atoms with Crippen LogP contribution in [0.1, 0.15) is 64.7 Å². The lowest BCUT2D eigenvalue weighted by atomic mass is 10.1. The second-order valence-corrected chi connectivity index (χ2v) is 4.49. The van der Waals surface area contributed by atoms with Crippen molar-refractivity contribution in [2.24, 2.45) is 5.90 Å². The number of hydrogen-bond donors (Lipinski definition) is 2. The molecule has 0 aromatic rings. The first-order valence-electron chi connectivity index (χ1n) is 6.89. The number of carbonyl (C=O) groups excluding carboxylic acids is 1. The summed E-state index contributed by atoms with van der Waals surface area (Å²) in [6.45, 7) is 2.93. The van der Waals surface area contributed by atoms with Gasteiger partial charge in [0.2, 0.25) is 5.91 Å². The van der Waals surface area contributed by atoms with Crippen molar-refractivity contribution < 1.29 is 9.63 Å². The quantitative estimate of drug-likeness (QED) is 0.409. The molecule has 3 N–H and O–H groups in total. The van der Waals surface area contributed by atoms with Gasteiger partial charge in [-0.1, -0.05) is 58.3 Å². The summed E-state index contributed by atoms with van der Waals surface area (Å²) in [6.07, 6.45) is 11.6. The Balaban J connectivity index is 3.01. The molecule has 1 amide bonds. The van der Waals surface area contributed by atoms with Gasteiger partial charge in [-0.05, 0) is 6.42 Å². The highest BCUT2D eigenvalue weighted by atomic mass is 16.6. The lowest BCUT2D eigenvalue weighted by Gasteiger charge is -2.04. The summed E-state index contributed by atoms with van der Waals surface area (Å²) < 4.78 is 0. The van der Waals surface area contributed by atoms with Crippen molar-refractivity contribution in [3.63, 3.8) is 0 Å². The summed E-state index contributed by atoms with van der Waals surface area (Å²) in [6, 6.07) is 0. The first kappa shape index (κ1) is 16.4. The molecule has 0 saturated carbocycles. The molecule has 0 aromatic heterocycles. The number of rotatable bonds is 12. The Hall–Kier alpha value is -0.610. The van der Waals surface area contributed by atoms with Crippen molar-refractivity contribution >= 4 is 5.91 Å². The second kappa shape index (κ2) is 13.5. The Morgan fingerprint density at radius 3 is 2.06 bits per heavy atom. The standard InChI is InChI=1S/C13H28N2O2/c1-2-3-4-5-6-7-8-9-10-11-15-13(16)12-17-14/h2-12,14H2,1H3,(H,15,16). The fourth-order valence-corrected chi connectivity index (χ4v) is 1.79. The highest BCUT2D eigenvalue weighted by Gasteiger charge is 1.98. The van der Waals surface area contributed by atoms with Crippen LogP contribution in [0.25, 0.3) is 0 Å². The van der Waals surface area contributed by atoms with Gasteiger partial charge in [-0.15, -0.1) is 0 Å². The maximum atomic E-state index is 11.0. The molecule has 0 unspecified atom stereocenters. The van der Waals surface area contributed by atoms with E-state index in [2.05, 4.69) is 17.1 Å². The lowest BCUT2D eigenvalue weighted by Crippen LogP contribution is -2.29. The molecule has 0 aliphatic heterocycles. The monoisotopic (exact) mass is 244 g/mol. The van der Waals surface area contributed by atoms with E-state index >= 15 is 0 Å². The maximum absolute atomic E-state index is 11.0. The minimum Gasteiger partial charge on any atom is -0.354 e. The molecule has 0 aromatic carbocycles. The first-order valence-corrected chi connectivity index (χ1v) is 6.89. The number of hydrogen-bond acceptors (Lipinski definition) is 3. The van der Waals surface area contributed by atoms with Crippen LogP contribution in [0.2, 0.25) is 0 Å². The predicted molar refractivity (Wildman–Crippen MR) is 70.4 cm³/mol. The van der Waals surface area contributed by atoms with Crippen molar-refractivity contribution in [1.82, 2.24) is 5.32 Å². The molecule has 0 spiro atoms. The van der Waals surface area contributed by atoms with Gasteiger partial charge in [-0.2, -0.15) is 0 Å². The van der Waals surface area contributed by atoms with Crippen molar-refractivity contribution in [1.29, 1.82) is 0 Å². The third kappa shape index (κ3) is 13.3. The second-order valence-electron chi connectivity index (χ2n) is 4.49. The van der Waals surface area contributed by atoms with Crippen molar-refractivity contribution in [3.05, 3.63) is 0 Å². The van der Waals surface area contributed by atoms with Crippen LogP contribution in [0.3, 0.4) is 0 Å². The summed E-state index contributed by atoms with van der Waals surface area (Å²) in [5.41, 5.74) is 0. The molecule has 4 nitrogen and oxygen atoms in total. The zero-order valence-corrected chi connectivity index (χ0v) is 11.2. The number of nitrogens with one attached hydrogen (secondary N) is 1. The van der Waals surface area contributed by atoms with Gasteiger partial charge in [0, 0.05) is 6.54 Å². The summed E-state index contributed by atoms with van der Waals surface area (Å²) in [5.74, 6) is 4.66. The zero-order chi connectivity index (χ0) is 12.8. The van der Waals surface area contributed by atoms with Crippen LogP contribution in [0, 0.1) is 0 Å². The molecule has 0 rings (SSSR count). The largest absolute Gasteiger partial charge is 0.354 e. The van der Waals surface area contributed by atoms with Crippen molar-refractivity contribution in [2.75, 3.05) is 13.2 Å². The third-order valence-corrected chi connectivity index (χ3v) is 2.82. The average Bonchev–Trinajstić information content (AvgIpc) is 2.32. The van der Waals surface area contributed by atoms with Crippen LogP contribution < -0.4 is 11.2 Å². The molecular weight excluding hydrogens is 216 g/mol. The highest BCUT2D eigenvalue weighted by molar-refractivity contribution is 5.77. The van der Waals surface area contributed by atoms with Gasteiger partial charge in [0.05, 0.1) is 0 Å². The Morgan fingerprint density at radius 2 is 1.53 bits per heavy atom. The van der Waals surface area contributed by atoms with Gasteiger partial charge >= 0.3 is 0 Å². The van der Waals surface area contributed by atoms with Gasteiger partial charge < -0.3 is 5.32 Å². The SMILES string of the molecule is CCCCCCCCCCCNC(=O)CON. The van der Waals surface area contributed by atoms with Crippen LogP contribution >= 0.6 is 0 Å². The third-order valence-electron chi connectivity index (χ3n) is 2.82. The molecule has 0 atom stereocenters. The van der Waals surface area contributed by atoms with E-state index in [4.69, 9.17) is 5.90 Å². The van der Waals surface area contributed by atoms with E-state index in [-0.39, 0.29) is 12.5 Å². The van der Waals surface area contributed by atoms with Crippen LogP contribution in [0.5, 0.6) is 0 Å². The normalized spacial score (nSPS) is 10.5. The van der Waals surface area contributed by atoms with Crippen molar-refractivity contribution in [3.8, 4) is 0 Å². The minimum absolute atomic E-state index is 0.0442. The topological polar surface area (TPSA) is 64.3 Å². The van der Waals surface area contributed by atoms with E-state index in [1.54, 1.807) is 0 Å². The fraction of sp³-hybridized carbons (Fsp3) is 0.923. The molecule has 0 aliphatic carbocycles. The fourth-order valence-electron chi connectivity index (χ4n) is 1.79. The van der Waals surface area contributed by atoms with Gasteiger partial charge in [-0.25, -0.2) is 5.90 Å². The van der Waals surface area contributed by atoms with Gasteiger partial charge in [0.15, 0.2) is 0 Å². The summed E-state index contributed by atoms with van der Waals surface area (Å²) in [4.78, 5) is 15.2. The molecule has 0 radical (unpaired) electrons.